The third-order valence-electron chi connectivity index (χ3n) is 3.06. The minimum atomic E-state index is -0.192. The largest absolute Gasteiger partial charge is 0.398 e. The number of carbonyl (C=O) groups excluding carboxylic acids is 1. The summed E-state index contributed by atoms with van der Waals surface area (Å²) >= 11 is 1.63. The van der Waals surface area contributed by atoms with Crippen LogP contribution in [0.3, 0.4) is 0 Å². The number of hydrogen-bond donors (Lipinski definition) is 2. The Kier molecular flexibility index (Phi) is 5.06. The number of nitrogens with two attached hydrogens (primary N) is 1. The first kappa shape index (κ1) is 15.2. The molecule has 2 rings (SSSR count). The van der Waals surface area contributed by atoms with Crippen LogP contribution in [0, 0.1) is 6.92 Å². The molecular formula is C17H18N2OS. The van der Waals surface area contributed by atoms with Crippen LogP contribution in [0.2, 0.25) is 0 Å². The molecule has 0 spiro atoms. The molecule has 2 aromatic rings. The molecule has 2 aromatic carbocycles. The van der Waals surface area contributed by atoms with Crippen LogP contribution in [0.5, 0.6) is 0 Å². The van der Waals surface area contributed by atoms with Crippen LogP contribution in [-0.4, -0.2) is 11.7 Å². The molecule has 0 aliphatic carbocycles. The Morgan fingerprint density at radius 3 is 2.81 bits per heavy atom. The van der Waals surface area contributed by atoms with Gasteiger partial charge in [0.25, 0.3) is 5.91 Å². The number of rotatable bonds is 5. The fraction of sp³-hybridized carbons (Fsp3) is 0.118. The summed E-state index contributed by atoms with van der Waals surface area (Å²) in [6.45, 7) is 5.60. The summed E-state index contributed by atoms with van der Waals surface area (Å²) in [4.78, 5) is 13.4. The second kappa shape index (κ2) is 6.99. The average molecular weight is 298 g/mol. The minimum Gasteiger partial charge on any atom is -0.398 e. The van der Waals surface area contributed by atoms with Crippen molar-refractivity contribution in [1.29, 1.82) is 0 Å². The Labute approximate surface area is 129 Å². The molecule has 4 heteroatoms. The predicted molar refractivity (Wildman–Crippen MR) is 90.9 cm³/mol. The lowest BCUT2D eigenvalue weighted by molar-refractivity contribution is 0.102. The minimum absolute atomic E-state index is 0.192. The summed E-state index contributed by atoms with van der Waals surface area (Å²) in [7, 11) is 0. The first-order valence-corrected chi connectivity index (χ1v) is 7.61. The van der Waals surface area contributed by atoms with Gasteiger partial charge in [-0.25, -0.2) is 0 Å². The number of benzene rings is 2. The molecule has 0 unspecified atom stereocenters. The van der Waals surface area contributed by atoms with Crippen molar-refractivity contribution in [2.24, 2.45) is 0 Å². The van der Waals surface area contributed by atoms with E-state index in [-0.39, 0.29) is 5.91 Å². The van der Waals surface area contributed by atoms with Crippen LogP contribution in [0.25, 0.3) is 0 Å². The summed E-state index contributed by atoms with van der Waals surface area (Å²) in [5, 5.41) is 2.93. The number of carbonyl (C=O) groups is 1. The van der Waals surface area contributed by atoms with Gasteiger partial charge in [0.1, 0.15) is 0 Å². The van der Waals surface area contributed by atoms with E-state index in [1.54, 1.807) is 17.8 Å². The highest BCUT2D eigenvalue weighted by Gasteiger charge is 2.12. The average Bonchev–Trinajstić information content (AvgIpc) is 2.49. The van der Waals surface area contributed by atoms with E-state index in [4.69, 9.17) is 5.73 Å². The van der Waals surface area contributed by atoms with E-state index in [9.17, 15) is 4.79 Å². The molecule has 0 heterocycles. The van der Waals surface area contributed by atoms with E-state index in [0.717, 1.165) is 21.9 Å². The van der Waals surface area contributed by atoms with E-state index in [1.807, 2.05) is 49.4 Å². The van der Waals surface area contributed by atoms with E-state index >= 15 is 0 Å². The molecule has 0 aliphatic heterocycles. The van der Waals surface area contributed by atoms with Crippen molar-refractivity contribution in [3.8, 4) is 0 Å². The molecular weight excluding hydrogens is 280 g/mol. The predicted octanol–water partition coefficient (Wildman–Crippen LogP) is 4.11. The Balaban J connectivity index is 2.23. The molecule has 1 amide bonds. The smallest absolute Gasteiger partial charge is 0.257 e. The number of aryl methyl sites for hydroxylation is 1. The zero-order valence-corrected chi connectivity index (χ0v) is 12.7. The van der Waals surface area contributed by atoms with E-state index in [0.29, 0.717) is 11.3 Å². The third-order valence-corrected chi connectivity index (χ3v) is 4.13. The van der Waals surface area contributed by atoms with Gasteiger partial charge in [0.2, 0.25) is 0 Å². The molecule has 0 aliphatic rings. The fourth-order valence-electron chi connectivity index (χ4n) is 1.91. The summed E-state index contributed by atoms with van der Waals surface area (Å²) < 4.78 is 0. The number of nitrogen functional groups attached to an aromatic ring is 1. The van der Waals surface area contributed by atoms with Crippen LogP contribution in [0.1, 0.15) is 15.9 Å². The van der Waals surface area contributed by atoms with Gasteiger partial charge < -0.3 is 11.1 Å². The van der Waals surface area contributed by atoms with Gasteiger partial charge in [-0.05, 0) is 30.7 Å². The lowest BCUT2D eigenvalue weighted by atomic mass is 10.1. The van der Waals surface area contributed by atoms with Crippen molar-refractivity contribution in [3.05, 3.63) is 66.2 Å². The molecule has 0 atom stereocenters. The van der Waals surface area contributed by atoms with Gasteiger partial charge in [-0.15, -0.1) is 18.3 Å². The van der Waals surface area contributed by atoms with Crippen molar-refractivity contribution < 1.29 is 4.79 Å². The first-order chi connectivity index (χ1) is 10.1. The van der Waals surface area contributed by atoms with E-state index in [1.165, 1.54) is 0 Å². The second-order valence-corrected chi connectivity index (χ2v) is 5.65. The number of para-hydroxylation sites is 2. The van der Waals surface area contributed by atoms with Crippen LogP contribution in [0.4, 0.5) is 11.4 Å². The van der Waals surface area contributed by atoms with Crippen molar-refractivity contribution in [2.45, 2.75) is 11.8 Å². The van der Waals surface area contributed by atoms with Crippen molar-refractivity contribution in [2.75, 3.05) is 16.8 Å². The molecule has 3 nitrogen and oxygen atoms in total. The standard InChI is InChI=1S/C17H18N2OS/c1-3-11-21-15-10-5-4-9-14(15)19-17(20)13-8-6-7-12(2)16(13)18/h3-10H,1,11,18H2,2H3,(H,19,20). The number of thioether (sulfide) groups is 1. The van der Waals surface area contributed by atoms with Crippen LogP contribution < -0.4 is 11.1 Å². The van der Waals surface area contributed by atoms with E-state index < -0.39 is 0 Å². The van der Waals surface area contributed by atoms with Crippen LogP contribution in [-0.2, 0) is 0 Å². The maximum absolute atomic E-state index is 12.4. The van der Waals surface area contributed by atoms with Gasteiger partial charge in [-0.2, -0.15) is 0 Å². The van der Waals surface area contributed by atoms with Crippen molar-refractivity contribution in [3.63, 3.8) is 0 Å². The van der Waals surface area contributed by atoms with E-state index in [2.05, 4.69) is 11.9 Å². The summed E-state index contributed by atoms with van der Waals surface area (Å²) in [5.41, 5.74) is 8.68. The monoisotopic (exact) mass is 298 g/mol. The normalized spacial score (nSPS) is 10.1. The maximum Gasteiger partial charge on any atom is 0.257 e. The molecule has 0 radical (unpaired) electrons. The molecule has 3 N–H and O–H groups in total. The number of hydrogen-bond acceptors (Lipinski definition) is 3. The van der Waals surface area contributed by atoms with Crippen molar-refractivity contribution >= 4 is 29.0 Å². The van der Waals surface area contributed by atoms with Gasteiger partial charge in [-0.1, -0.05) is 30.3 Å². The Morgan fingerprint density at radius 2 is 2.05 bits per heavy atom. The highest BCUT2D eigenvalue weighted by Crippen LogP contribution is 2.28. The fourth-order valence-corrected chi connectivity index (χ4v) is 2.66. The number of anilines is 2. The Morgan fingerprint density at radius 1 is 1.29 bits per heavy atom. The van der Waals surface area contributed by atoms with Crippen molar-refractivity contribution in [1.82, 2.24) is 0 Å². The maximum atomic E-state index is 12.4. The summed E-state index contributed by atoms with van der Waals surface area (Å²) in [6, 6.07) is 13.2. The summed E-state index contributed by atoms with van der Waals surface area (Å²) in [5.74, 6) is 0.599. The molecule has 108 valence electrons. The topological polar surface area (TPSA) is 55.1 Å². The van der Waals surface area contributed by atoms with Gasteiger partial charge >= 0.3 is 0 Å². The Bertz CT molecular complexity index is 668. The van der Waals surface area contributed by atoms with Crippen LogP contribution >= 0.6 is 11.8 Å². The molecule has 0 aromatic heterocycles. The van der Waals surface area contributed by atoms with Gasteiger partial charge in [0.15, 0.2) is 0 Å². The zero-order chi connectivity index (χ0) is 15.2. The molecule has 0 bridgehead atoms. The highest BCUT2D eigenvalue weighted by molar-refractivity contribution is 7.99. The van der Waals surface area contributed by atoms with Gasteiger partial charge in [0, 0.05) is 16.3 Å². The number of amides is 1. The second-order valence-electron chi connectivity index (χ2n) is 4.59. The first-order valence-electron chi connectivity index (χ1n) is 6.62. The van der Waals surface area contributed by atoms with Gasteiger partial charge in [0.05, 0.1) is 11.3 Å². The summed E-state index contributed by atoms with van der Waals surface area (Å²) in [6.07, 6.45) is 1.84. The van der Waals surface area contributed by atoms with Crippen LogP contribution in [0.15, 0.2) is 60.0 Å². The quantitative estimate of drug-likeness (QED) is 0.496. The zero-order valence-electron chi connectivity index (χ0n) is 11.9. The number of nitrogens with one attached hydrogen (secondary N) is 1. The molecule has 21 heavy (non-hydrogen) atoms. The molecule has 0 saturated heterocycles. The lowest BCUT2D eigenvalue weighted by Gasteiger charge is -2.12. The SMILES string of the molecule is C=CCSc1ccccc1NC(=O)c1cccc(C)c1N. The van der Waals surface area contributed by atoms with Gasteiger partial charge in [-0.3, -0.25) is 4.79 Å². The molecule has 0 saturated carbocycles. The molecule has 0 fully saturated rings. The highest BCUT2D eigenvalue weighted by atomic mass is 32.2. The lowest BCUT2D eigenvalue weighted by Crippen LogP contribution is -2.15. The Hall–Kier alpha value is -2.20. The third kappa shape index (κ3) is 3.67.